The fourth-order valence-electron chi connectivity index (χ4n) is 7.42. The molecule has 2 aliphatic rings. The van der Waals surface area contributed by atoms with Crippen molar-refractivity contribution in [2.24, 2.45) is 4.99 Å². The Labute approximate surface area is 378 Å². The van der Waals surface area contributed by atoms with Crippen molar-refractivity contribution in [2.75, 3.05) is 26.2 Å². The van der Waals surface area contributed by atoms with Crippen molar-refractivity contribution in [1.29, 1.82) is 0 Å². The first-order chi connectivity index (χ1) is 30.6. The summed E-state index contributed by atoms with van der Waals surface area (Å²) in [7, 11) is 0. The van der Waals surface area contributed by atoms with Crippen LogP contribution in [0.3, 0.4) is 0 Å². The van der Waals surface area contributed by atoms with E-state index in [0.29, 0.717) is 41.4 Å². The van der Waals surface area contributed by atoms with Crippen LogP contribution in [0.1, 0.15) is 162 Å². The SMILES string of the molecule is CCCCCCCCCCCCCCCC(=O)N(O)CCCC[C@H](NC(=O)[C@@H]1COC(c2ccccc2O)=N1)C(=O)NC[C@H](NC(=O)OC(C)(C)C)C(=O)NC1CCCCN(O)C1=O. The predicted octanol–water partition coefficient (Wildman–Crippen LogP) is 5.79. The molecule has 2 aliphatic heterocycles. The normalized spacial score (nSPS) is 17.3. The Bertz CT molecular complexity index is 1670. The number of aromatic hydroxyl groups is 1. The van der Waals surface area contributed by atoms with E-state index in [-0.39, 0.29) is 62.9 Å². The Morgan fingerprint density at radius 1 is 0.875 bits per heavy atom. The van der Waals surface area contributed by atoms with E-state index in [0.717, 1.165) is 19.3 Å². The van der Waals surface area contributed by atoms with Crippen molar-refractivity contribution in [3.8, 4) is 5.75 Å². The summed E-state index contributed by atoms with van der Waals surface area (Å²) >= 11 is 0. The summed E-state index contributed by atoms with van der Waals surface area (Å²) in [6.45, 7) is 6.62. The largest absolute Gasteiger partial charge is 0.507 e. The van der Waals surface area contributed by atoms with Gasteiger partial charge >= 0.3 is 6.09 Å². The number of aliphatic imine (C=N–C) groups is 1. The number of nitrogens with zero attached hydrogens (tertiary/aromatic N) is 3. The molecular weight excluding hydrogens is 827 g/mol. The fraction of sp³-hybridized carbons (Fsp3) is 0.717. The molecule has 3 rings (SSSR count). The number of nitrogens with one attached hydrogen (secondary N) is 4. The molecule has 7 N–H and O–H groups in total. The second-order valence-corrected chi connectivity index (χ2v) is 17.8. The van der Waals surface area contributed by atoms with Gasteiger partial charge in [0.15, 0.2) is 6.04 Å². The molecule has 0 aliphatic carbocycles. The van der Waals surface area contributed by atoms with E-state index in [2.05, 4.69) is 33.2 Å². The smallest absolute Gasteiger partial charge is 0.408 e. The number of phenols is 1. The third-order valence-corrected chi connectivity index (χ3v) is 11.1. The van der Waals surface area contributed by atoms with E-state index in [4.69, 9.17) is 9.47 Å². The predicted molar refractivity (Wildman–Crippen MR) is 239 cm³/mol. The second kappa shape index (κ2) is 28.7. The van der Waals surface area contributed by atoms with Gasteiger partial charge in [0, 0.05) is 26.1 Å². The minimum absolute atomic E-state index is 0.0114. The number of para-hydroxylation sites is 1. The Morgan fingerprint density at radius 2 is 1.52 bits per heavy atom. The van der Waals surface area contributed by atoms with Gasteiger partial charge < -0.3 is 35.8 Å². The Morgan fingerprint density at radius 3 is 2.16 bits per heavy atom. The van der Waals surface area contributed by atoms with Crippen molar-refractivity contribution >= 4 is 41.5 Å². The van der Waals surface area contributed by atoms with Crippen LogP contribution in [0, 0.1) is 0 Å². The molecule has 1 aromatic rings. The summed E-state index contributed by atoms with van der Waals surface area (Å²) in [4.78, 5) is 83.4. The molecule has 1 aromatic carbocycles. The van der Waals surface area contributed by atoms with Crippen LogP contribution in [0.4, 0.5) is 4.79 Å². The van der Waals surface area contributed by atoms with Gasteiger partial charge in [-0.25, -0.2) is 19.9 Å². The first-order valence-electron chi connectivity index (χ1n) is 23.5. The fourth-order valence-corrected chi connectivity index (χ4v) is 7.42. The summed E-state index contributed by atoms with van der Waals surface area (Å²) in [5.74, 6) is -3.30. The molecule has 2 heterocycles. The molecule has 0 bridgehead atoms. The number of alkyl carbamates (subject to hydrolysis) is 1. The maximum absolute atomic E-state index is 13.8. The molecule has 0 radical (unpaired) electrons. The molecule has 360 valence electrons. The number of carbonyl (C=O) groups excluding carboxylic acids is 6. The standard InChI is InChI=1S/C46H75N7O11/c1-5-6-7-8-9-10-11-12-13-14-15-16-17-28-39(55)52(61)29-22-20-25-34(48-42(58)37-32-63-43(50-37)33-24-18-19-27-38(33)54)40(56)47-31-36(51-45(60)64-46(2,3)4)41(57)49-35-26-21-23-30-53(62)44(35)59/h18-19,24,27,34-37,54,61-62H,5-17,20-23,25-26,28-32H2,1-4H3,(H,47,56)(H,48,58)(H,49,57)(H,51,60)/t34-,35?,36-,37-/m0/s1. The Kier molecular flexibility index (Phi) is 24.0. The maximum Gasteiger partial charge on any atom is 0.408 e. The van der Waals surface area contributed by atoms with E-state index >= 15 is 0 Å². The monoisotopic (exact) mass is 902 g/mol. The van der Waals surface area contributed by atoms with Gasteiger partial charge in [-0.1, -0.05) is 96.1 Å². The number of rotatable bonds is 28. The van der Waals surface area contributed by atoms with Gasteiger partial charge in [0.1, 0.15) is 36.1 Å². The highest BCUT2D eigenvalue weighted by molar-refractivity contribution is 6.01. The van der Waals surface area contributed by atoms with E-state index < -0.39 is 66.0 Å². The molecule has 4 atom stereocenters. The zero-order valence-electron chi connectivity index (χ0n) is 38.5. The molecule has 1 fully saturated rings. The minimum atomic E-state index is -1.43. The molecule has 1 unspecified atom stereocenters. The highest BCUT2D eigenvalue weighted by Gasteiger charge is 2.34. The number of hydroxylamine groups is 4. The van der Waals surface area contributed by atoms with E-state index in [1.54, 1.807) is 39.0 Å². The number of unbranched alkanes of at least 4 members (excludes halogenated alkanes) is 13. The van der Waals surface area contributed by atoms with Crippen molar-refractivity contribution in [3.05, 3.63) is 29.8 Å². The van der Waals surface area contributed by atoms with Crippen molar-refractivity contribution < 1.29 is 53.8 Å². The first kappa shape index (κ1) is 53.4. The molecule has 0 spiro atoms. The topological polar surface area (TPSA) is 249 Å². The number of benzene rings is 1. The van der Waals surface area contributed by atoms with Crippen molar-refractivity contribution in [1.82, 2.24) is 31.4 Å². The summed E-state index contributed by atoms with van der Waals surface area (Å²) in [5.41, 5.74) is -0.631. The van der Waals surface area contributed by atoms with Crippen LogP contribution in [0.5, 0.6) is 5.75 Å². The number of hydrogen-bond donors (Lipinski definition) is 7. The van der Waals surface area contributed by atoms with Gasteiger partial charge in [0.2, 0.25) is 29.5 Å². The van der Waals surface area contributed by atoms with Crippen molar-refractivity contribution in [2.45, 2.75) is 186 Å². The van der Waals surface area contributed by atoms with Crippen LogP contribution < -0.4 is 21.3 Å². The Hall–Kier alpha value is -4.97. The number of carbonyl (C=O) groups is 6. The zero-order chi connectivity index (χ0) is 46.9. The summed E-state index contributed by atoms with van der Waals surface area (Å²) in [6.07, 6.45) is 16.6. The lowest BCUT2D eigenvalue weighted by Gasteiger charge is -2.26. The number of ether oxygens (including phenoxy) is 2. The second-order valence-electron chi connectivity index (χ2n) is 17.8. The van der Waals surface area contributed by atoms with Gasteiger partial charge in [-0.3, -0.25) is 34.4 Å². The Balaban J connectivity index is 1.58. The third-order valence-electron chi connectivity index (χ3n) is 11.1. The molecule has 18 nitrogen and oxygen atoms in total. The number of amides is 6. The first-order valence-corrected chi connectivity index (χ1v) is 23.5. The maximum atomic E-state index is 13.8. The molecule has 6 amide bonds. The van der Waals surface area contributed by atoms with Gasteiger partial charge in [0.05, 0.1) is 5.56 Å². The lowest BCUT2D eigenvalue weighted by molar-refractivity contribution is -0.167. The van der Waals surface area contributed by atoms with Gasteiger partial charge in [-0.2, -0.15) is 0 Å². The van der Waals surface area contributed by atoms with Gasteiger partial charge in [-0.15, -0.1) is 0 Å². The quantitative estimate of drug-likeness (QED) is 0.0301. The van der Waals surface area contributed by atoms with Crippen LogP contribution in [-0.4, -0.2) is 123 Å². The molecule has 0 aromatic heterocycles. The molecule has 18 heteroatoms. The number of hydrogen-bond acceptors (Lipinski definition) is 12. The van der Waals surface area contributed by atoms with Crippen LogP contribution in [0.25, 0.3) is 0 Å². The zero-order valence-corrected chi connectivity index (χ0v) is 38.5. The van der Waals surface area contributed by atoms with Crippen LogP contribution in [-0.2, 0) is 33.4 Å². The van der Waals surface area contributed by atoms with Crippen LogP contribution in [0.2, 0.25) is 0 Å². The lowest BCUT2D eigenvalue weighted by Crippen LogP contribution is -2.58. The average molecular weight is 902 g/mol. The highest BCUT2D eigenvalue weighted by Crippen LogP contribution is 2.21. The molecular formula is C46H75N7O11. The molecule has 0 saturated carbocycles. The van der Waals surface area contributed by atoms with Crippen LogP contribution in [0.15, 0.2) is 29.3 Å². The van der Waals surface area contributed by atoms with Gasteiger partial charge in [0.25, 0.3) is 5.91 Å². The summed E-state index contributed by atoms with van der Waals surface area (Å²) in [6, 6.07) is 1.59. The summed E-state index contributed by atoms with van der Waals surface area (Å²) in [5, 5.41) is 42.4. The lowest BCUT2D eigenvalue weighted by atomic mass is 10.0. The summed E-state index contributed by atoms with van der Waals surface area (Å²) < 4.78 is 10.9. The van der Waals surface area contributed by atoms with Crippen molar-refractivity contribution in [3.63, 3.8) is 0 Å². The molecule has 1 saturated heterocycles. The van der Waals surface area contributed by atoms with E-state index in [1.807, 2.05) is 0 Å². The molecule has 64 heavy (non-hydrogen) atoms. The third kappa shape index (κ3) is 20.2. The minimum Gasteiger partial charge on any atom is -0.507 e. The van der Waals surface area contributed by atoms with Crippen LogP contribution >= 0.6 is 0 Å². The highest BCUT2D eigenvalue weighted by atomic mass is 16.6. The van der Waals surface area contributed by atoms with E-state index in [1.165, 1.54) is 63.9 Å². The van der Waals surface area contributed by atoms with Gasteiger partial charge in [-0.05, 0) is 77.8 Å². The number of phenolic OH excluding ortho intramolecular Hbond substituents is 1. The average Bonchev–Trinajstić information content (AvgIpc) is 3.69. The van der Waals surface area contributed by atoms with E-state index in [9.17, 15) is 44.3 Å².